The highest BCUT2D eigenvalue weighted by molar-refractivity contribution is 9.10. The average molecular weight is 396 g/mol. The lowest BCUT2D eigenvalue weighted by Gasteiger charge is -2.32. The van der Waals surface area contributed by atoms with Crippen molar-refractivity contribution in [3.05, 3.63) is 27.2 Å². The molecule has 21 heavy (non-hydrogen) atoms. The summed E-state index contributed by atoms with van der Waals surface area (Å²) < 4.78 is 23.4. The van der Waals surface area contributed by atoms with Gasteiger partial charge in [0.25, 0.3) is 5.91 Å². The van der Waals surface area contributed by atoms with Crippen LogP contribution in [0.1, 0.15) is 37.0 Å². The molecule has 0 bridgehead atoms. The summed E-state index contributed by atoms with van der Waals surface area (Å²) in [4.78, 5) is 14.2. The minimum Gasteiger partial charge on any atom is -0.333 e. The van der Waals surface area contributed by atoms with Crippen LogP contribution >= 0.6 is 27.5 Å². The largest absolute Gasteiger partial charge is 0.333 e. The van der Waals surface area contributed by atoms with E-state index >= 15 is 0 Å². The number of primary sulfonamides is 1. The monoisotopic (exact) mass is 394 g/mol. The molecule has 0 aliphatic carbocycles. The van der Waals surface area contributed by atoms with Crippen LogP contribution in [0.3, 0.4) is 0 Å². The summed E-state index contributed by atoms with van der Waals surface area (Å²) in [5, 5.41) is 5.35. The number of hydrogen-bond acceptors (Lipinski definition) is 3. The van der Waals surface area contributed by atoms with Crippen molar-refractivity contribution in [2.75, 3.05) is 6.54 Å². The summed E-state index contributed by atoms with van der Waals surface area (Å²) in [5.41, 5.74) is -0.117. The second-order valence-corrected chi connectivity index (χ2v) is 8.47. The number of rotatable bonds is 2. The van der Waals surface area contributed by atoms with E-state index < -0.39 is 10.0 Å². The predicted molar refractivity (Wildman–Crippen MR) is 84.9 cm³/mol. The summed E-state index contributed by atoms with van der Waals surface area (Å²) in [7, 11) is -3.93. The zero-order valence-electron chi connectivity index (χ0n) is 11.7. The maximum absolute atomic E-state index is 12.7. The van der Waals surface area contributed by atoms with Crippen LogP contribution in [0.25, 0.3) is 0 Å². The minimum atomic E-state index is -3.93. The van der Waals surface area contributed by atoms with Gasteiger partial charge in [-0.15, -0.1) is 0 Å². The number of nitrogens with zero attached hydrogens (tertiary/aromatic N) is 1. The van der Waals surface area contributed by atoms with Gasteiger partial charge in [-0.3, -0.25) is 4.79 Å². The lowest BCUT2D eigenvalue weighted by molar-refractivity contribution is 0.0652. The van der Waals surface area contributed by atoms with E-state index in [4.69, 9.17) is 16.7 Å². The maximum Gasteiger partial charge on any atom is 0.255 e. The van der Waals surface area contributed by atoms with E-state index in [1.807, 2.05) is 13.8 Å². The van der Waals surface area contributed by atoms with Crippen LogP contribution < -0.4 is 5.14 Å². The van der Waals surface area contributed by atoms with Crippen molar-refractivity contribution < 1.29 is 13.2 Å². The van der Waals surface area contributed by atoms with Gasteiger partial charge in [0.1, 0.15) is 0 Å². The number of halogens is 2. The lowest BCUT2D eigenvalue weighted by Crippen LogP contribution is -2.42. The maximum atomic E-state index is 12.7. The summed E-state index contributed by atoms with van der Waals surface area (Å²) in [6, 6.07) is 2.62. The minimum absolute atomic E-state index is 0.146. The topological polar surface area (TPSA) is 80.5 Å². The summed E-state index contributed by atoms with van der Waals surface area (Å²) >= 11 is 9.21. The Morgan fingerprint density at radius 1 is 1.43 bits per heavy atom. The Labute approximate surface area is 137 Å². The van der Waals surface area contributed by atoms with E-state index in [2.05, 4.69) is 15.9 Å². The van der Waals surface area contributed by atoms with Gasteiger partial charge in [0.05, 0.1) is 15.5 Å². The Hall–Kier alpha value is -0.630. The van der Waals surface area contributed by atoms with Gasteiger partial charge in [-0.2, -0.15) is 0 Å². The molecule has 1 aliphatic rings. The van der Waals surface area contributed by atoms with Gasteiger partial charge in [0, 0.05) is 16.6 Å². The third-order valence-electron chi connectivity index (χ3n) is 3.70. The fourth-order valence-electron chi connectivity index (χ4n) is 2.54. The molecule has 2 rings (SSSR count). The van der Waals surface area contributed by atoms with Crippen molar-refractivity contribution in [3.8, 4) is 0 Å². The molecule has 0 atom stereocenters. The summed E-state index contributed by atoms with van der Waals surface area (Å²) in [5.74, 6) is -0.278. The average Bonchev–Trinajstić information content (AvgIpc) is 2.66. The van der Waals surface area contributed by atoms with Crippen LogP contribution in [-0.4, -0.2) is 31.3 Å². The first kappa shape index (κ1) is 16.7. The molecule has 5 nitrogen and oxygen atoms in total. The van der Waals surface area contributed by atoms with Gasteiger partial charge in [-0.1, -0.05) is 11.6 Å². The highest BCUT2D eigenvalue weighted by Crippen LogP contribution is 2.34. The fraction of sp³-hybridized carbons (Fsp3) is 0.462. The highest BCUT2D eigenvalue weighted by atomic mass is 79.9. The number of carbonyl (C=O) groups is 1. The van der Waals surface area contributed by atoms with E-state index in [1.165, 1.54) is 12.1 Å². The van der Waals surface area contributed by atoms with Gasteiger partial charge >= 0.3 is 0 Å². The number of nitrogens with two attached hydrogens (primary N) is 1. The van der Waals surface area contributed by atoms with Gasteiger partial charge < -0.3 is 4.90 Å². The molecule has 0 radical (unpaired) electrons. The molecule has 1 aromatic rings. The molecular formula is C13H16BrClN2O3S. The van der Waals surface area contributed by atoms with Crippen LogP contribution in [0.5, 0.6) is 0 Å². The van der Waals surface area contributed by atoms with E-state index in [0.717, 1.165) is 12.8 Å². The molecule has 1 saturated heterocycles. The van der Waals surface area contributed by atoms with Crippen molar-refractivity contribution in [3.63, 3.8) is 0 Å². The van der Waals surface area contributed by atoms with Crippen LogP contribution in [0.15, 0.2) is 21.5 Å². The standard InChI is InChI=1S/C13H16BrClN2O3S/c1-13(2)4-3-5-17(13)12(18)8-6-11(21(16,19)20)9(14)7-10(8)15/h6-7H,3-5H2,1-2H3,(H2,16,19,20). The molecule has 1 fully saturated rings. The first-order chi connectivity index (χ1) is 9.54. The van der Waals surface area contributed by atoms with Crippen LogP contribution in [-0.2, 0) is 10.0 Å². The molecule has 0 aromatic heterocycles. The number of benzene rings is 1. The molecule has 0 unspecified atom stereocenters. The van der Waals surface area contributed by atoms with Gasteiger partial charge in [-0.25, -0.2) is 13.6 Å². The molecule has 2 N–H and O–H groups in total. The van der Waals surface area contributed by atoms with Crippen LogP contribution in [0, 0.1) is 0 Å². The molecule has 116 valence electrons. The van der Waals surface area contributed by atoms with Crippen molar-refractivity contribution in [1.82, 2.24) is 4.90 Å². The van der Waals surface area contributed by atoms with Crippen molar-refractivity contribution in [2.24, 2.45) is 5.14 Å². The SMILES string of the molecule is CC1(C)CCCN1C(=O)c1cc(S(N)(=O)=O)c(Br)cc1Cl. The normalized spacial score (nSPS) is 18.0. The summed E-state index contributed by atoms with van der Waals surface area (Å²) in [6.45, 7) is 4.58. The van der Waals surface area contributed by atoms with Gasteiger partial charge in [0.15, 0.2) is 0 Å². The first-order valence-corrected chi connectivity index (χ1v) is 9.09. The molecule has 1 aromatic carbocycles. The third-order valence-corrected chi connectivity index (χ3v) is 5.89. The first-order valence-electron chi connectivity index (χ1n) is 6.38. The molecular weight excluding hydrogens is 380 g/mol. The molecule has 1 amide bonds. The molecule has 0 spiro atoms. The Bertz CT molecular complexity index is 704. The highest BCUT2D eigenvalue weighted by Gasteiger charge is 2.36. The summed E-state index contributed by atoms with van der Waals surface area (Å²) in [6.07, 6.45) is 1.81. The fourth-order valence-corrected chi connectivity index (χ4v) is 4.55. The zero-order chi connectivity index (χ0) is 16.0. The Morgan fingerprint density at radius 2 is 2.05 bits per heavy atom. The molecule has 1 heterocycles. The second-order valence-electron chi connectivity index (χ2n) is 5.68. The quantitative estimate of drug-likeness (QED) is 0.836. The van der Waals surface area contributed by atoms with Gasteiger partial charge in [0.2, 0.25) is 10.0 Å². The number of amides is 1. The van der Waals surface area contributed by atoms with E-state index in [1.54, 1.807) is 4.90 Å². The van der Waals surface area contributed by atoms with Crippen molar-refractivity contribution in [2.45, 2.75) is 37.1 Å². The molecule has 8 heteroatoms. The van der Waals surface area contributed by atoms with E-state index in [9.17, 15) is 13.2 Å². The number of carbonyl (C=O) groups excluding carboxylic acids is 1. The van der Waals surface area contributed by atoms with E-state index in [-0.39, 0.29) is 31.4 Å². The zero-order valence-corrected chi connectivity index (χ0v) is 14.8. The Kier molecular flexibility index (Phi) is 4.41. The Balaban J connectivity index is 2.52. The number of likely N-dealkylation sites (tertiary alicyclic amines) is 1. The van der Waals surface area contributed by atoms with E-state index in [0.29, 0.717) is 6.54 Å². The number of hydrogen-bond donors (Lipinski definition) is 1. The second kappa shape index (κ2) is 5.53. The number of sulfonamides is 1. The van der Waals surface area contributed by atoms with Crippen molar-refractivity contribution >= 4 is 43.5 Å². The van der Waals surface area contributed by atoms with Crippen molar-refractivity contribution in [1.29, 1.82) is 0 Å². The Morgan fingerprint density at radius 3 is 2.52 bits per heavy atom. The molecule has 0 saturated carbocycles. The predicted octanol–water partition coefficient (Wildman–Crippen LogP) is 2.76. The van der Waals surface area contributed by atoms with Gasteiger partial charge in [-0.05, 0) is 54.8 Å². The smallest absolute Gasteiger partial charge is 0.255 e. The van der Waals surface area contributed by atoms with Crippen LogP contribution in [0.2, 0.25) is 5.02 Å². The van der Waals surface area contributed by atoms with Crippen LogP contribution in [0.4, 0.5) is 0 Å². The lowest BCUT2D eigenvalue weighted by atomic mass is 10.0. The molecule has 1 aliphatic heterocycles. The third kappa shape index (κ3) is 3.26.